The van der Waals surface area contributed by atoms with E-state index in [9.17, 15) is 4.79 Å². The van der Waals surface area contributed by atoms with Gasteiger partial charge in [-0.2, -0.15) is 0 Å². The van der Waals surface area contributed by atoms with Crippen LogP contribution >= 0.6 is 11.3 Å². The van der Waals surface area contributed by atoms with E-state index in [2.05, 4.69) is 19.1 Å². The molecular weight excluding hydrogens is 292 g/mol. The zero-order chi connectivity index (χ0) is 15.8. The number of carbonyl (C=O) groups is 1. The van der Waals surface area contributed by atoms with Crippen LogP contribution in [0, 0.1) is 0 Å². The molecule has 0 fully saturated rings. The summed E-state index contributed by atoms with van der Waals surface area (Å²) in [5, 5.41) is 0. The third-order valence-corrected chi connectivity index (χ3v) is 4.47. The van der Waals surface area contributed by atoms with Crippen LogP contribution < -0.4 is 4.74 Å². The molecule has 1 heterocycles. The summed E-state index contributed by atoms with van der Waals surface area (Å²) in [6.45, 7) is 4.14. The fourth-order valence-corrected chi connectivity index (χ4v) is 3.27. The van der Waals surface area contributed by atoms with Crippen LogP contribution in [0.2, 0.25) is 0 Å². The first kappa shape index (κ1) is 16.5. The molecule has 0 atom stereocenters. The highest BCUT2D eigenvalue weighted by atomic mass is 32.1. The van der Waals surface area contributed by atoms with E-state index in [4.69, 9.17) is 4.74 Å². The van der Waals surface area contributed by atoms with Gasteiger partial charge >= 0.3 is 5.97 Å². The van der Waals surface area contributed by atoms with Gasteiger partial charge in [-0.25, -0.2) is 0 Å². The number of aryl methyl sites for hydroxylation is 1. The average Bonchev–Trinajstić information content (AvgIpc) is 2.97. The van der Waals surface area contributed by atoms with E-state index in [0.717, 1.165) is 12.8 Å². The van der Waals surface area contributed by atoms with Gasteiger partial charge in [-0.1, -0.05) is 25.5 Å². The molecule has 0 unspecified atom stereocenters. The zero-order valence-electron chi connectivity index (χ0n) is 13.2. The number of rotatable bonds is 7. The van der Waals surface area contributed by atoms with E-state index in [-0.39, 0.29) is 5.97 Å². The van der Waals surface area contributed by atoms with E-state index in [0.29, 0.717) is 12.2 Å². The molecule has 116 valence electrons. The van der Waals surface area contributed by atoms with Crippen molar-refractivity contribution in [1.82, 2.24) is 0 Å². The molecule has 0 aliphatic carbocycles. The Hall–Kier alpha value is -1.87. The van der Waals surface area contributed by atoms with Crippen LogP contribution in [0.25, 0.3) is 10.4 Å². The van der Waals surface area contributed by atoms with Crippen molar-refractivity contribution in [3.8, 4) is 16.2 Å². The monoisotopic (exact) mass is 314 g/mol. The first-order chi connectivity index (χ1) is 10.7. The van der Waals surface area contributed by atoms with Crippen molar-refractivity contribution in [2.75, 3.05) is 0 Å². The Morgan fingerprint density at radius 2 is 1.95 bits per heavy atom. The summed E-state index contributed by atoms with van der Waals surface area (Å²) in [4.78, 5) is 14.3. The number of benzene rings is 1. The van der Waals surface area contributed by atoms with Gasteiger partial charge in [0, 0.05) is 16.2 Å². The van der Waals surface area contributed by atoms with Crippen molar-refractivity contribution >= 4 is 17.3 Å². The van der Waals surface area contributed by atoms with Crippen LogP contribution in [0.4, 0.5) is 0 Å². The summed E-state index contributed by atoms with van der Waals surface area (Å²) in [6, 6.07) is 12.1. The first-order valence-corrected chi connectivity index (χ1v) is 8.55. The van der Waals surface area contributed by atoms with Gasteiger partial charge in [0.2, 0.25) is 0 Å². The summed E-state index contributed by atoms with van der Waals surface area (Å²) >= 11 is 1.83. The molecule has 1 aromatic carbocycles. The molecule has 0 bridgehead atoms. The van der Waals surface area contributed by atoms with Crippen molar-refractivity contribution in [2.45, 2.75) is 39.5 Å². The fourth-order valence-electron chi connectivity index (χ4n) is 2.15. The summed E-state index contributed by atoms with van der Waals surface area (Å²) in [5.74, 6) is 0.423. The van der Waals surface area contributed by atoms with Crippen LogP contribution in [0.5, 0.6) is 5.75 Å². The molecule has 0 aliphatic rings. The molecule has 22 heavy (non-hydrogen) atoms. The van der Waals surface area contributed by atoms with Gasteiger partial charge in [0.05, 0.1) is 0 Å². The van der Waals surface area contributed by atoms with Gasteiger partial charge in [-0.3, -0.25) is 4.79 Å². The lowest BCUT2D eigenvalue weighted by Crippen LogP contribution is -2.06. The normalized spacial score (nSPS) is 11.0. The summed E-state index contributed by atoms with van der Waals surface area (Å²) in [5.41, 5.74) is 1.17. The third-order valence-electron chi connectivity index (χ3n) is 3.28. The number of hydrogen-bond donors (Lipinski definition) is 0. The number of esters is 1. The van der Waals surface area contributed by atoms with Gasteiger partial charge in [0.15, 0.2) is 0 Å². The van der Waals surface area contributed by atoms with E-state index < -0.39 is 0 Å². The topological polar surface area (TPSA) is 26.3 Å². The van der Waals surface area contributed by atoms with Crippen LogP contribution in [-0.4, -0.2) is 5.97 Å². The minimum absolute atomic E-state index is 0.188. The molecule has 2 rings (SSSR count). The lowest BCUT2D eigenvalue weighted by Gasteiger charge is -2.04. The van der Waals surface area contributed by atoms with Gasteiger partial charge in [-0.15, -0.1) is 11.3 Å². The van der Waals surface area contributed by atoms with Crippen LogP contribution in [0.15, 0.2) is 48.6 Å². The van der Waals surface area contributed by atoms with E-state index in [1.807, 2.05) is 54.7 Å². The molecule has 0 aliphatic heterocycles. The minimum atomic E-state index is -0.188. The Morgan fingerprint density at radius 1 is 1.18 bits per heavy atom. The van der Waals surface area contributed by atoms with Gasteiger partial charge in [0.1, 0.15) is 5.75 Å². The predicted molar refractivity (Wildman–Crippen MR) is 93.4 cm³/mol. The zero-order valence-corrected chi connectivity index (χ0v) is 14.0. The second kappa shape index (κ2) is 8.54. The fraction of sp³-hybridized carbons (Fsp3) is 0.316. The Morgan fingerprint density at radius 3 is 2.64 bits per heavy atom. The SMILES string of the molecule is CC=CCCC(=O)Oc1ccc(-c2ccc(CCC)s2)cc1. The van der Waals surface area contributed by atoms with E-state index >= 15 is 0 Å². The quantitative estimate of drug-likeness (QED) is 0.376. The third kappa shape index (κ3) is 4.85. The summed E-state index contributed by atoms with van der Waals surface area (Å²) in [6.07, 6.45) is 7.35. The second-order valence-corrected chi connectivity index (χ2v) is 6.29. The van der Waals surface area contributed by atoms with Crippen molar-refractivity contribution in [3.05, 3.63) is 53.4 Å². The largest absolute Gasteiger partial charge is 0.427 e. The number of hydrogen-bond acceptors (Lipinski definition) is 3. The number of thiophene rings is 1. The van der Waals surface area contributed by atoms with E-state index in [1.54, 1.807) is 0 Å². The summed E-state index contributed by atoms with van der Waals surface area (Å²) in [7, 11) is 0. The summed E-state index contributed by atoms with van der Waals surface area (Å²) < 4.78 is 5.33. The number of allylic oxidation sites excluding steroid dienone is 2. The molecule has 0 spiro atoms. The molecule has 0 N–H and O–H groups in total. The molecular formula is C19H22O2S. The molecule has 0 radical (unpaired) electrons. The highest BCUT2D eigenvalue weighted by Crippen LogP contribution is 2.30. The van der Waals surface area contributed by atoms with Gasteiger partial charge < -0.3 is 4.74 Å². The van der Waals surface area contributed by atoms with Crippen LogP contribution in [-0.2, 0) is 11.2 Å². The average molecular weight is 314 g/mol. The second-order valence-electron chi connectivity index (χ2n) is 5.12. The van der Waals surface area contributed by atoms with Gasteiger partial charge in [0.25, 0.3) is 0 Å². The van der Waals surface area contributed by atoms with Crippen molar-refractivity contribution in [1.29, 1.82) is 0 Å². The molecule has 2 nitrogen and oxygen atoms in total. The van der Waals surface area contributed by atoms with Gasteiger partial charge in [-0.05, 0) is 61.7 Å². The standard InChI is InChI=1S/C19H22O2S/c1-3-5-6-8-19(20)21-16-11-9-15(10-12-16)18-14-13-17(22-18)7-4-2/h3,5,9-14H,4,6-8H2,1-2H3. The Labute approximate surface area is 136 Å². The van der Waals surface area contributed by atoms with Crippen LogP contribution in [0.1, 0.15) is 38.0 Å². The van der Waals surface area contributed by atoms with Crippen molar-refractivity contribution in [3.63, 3.8) is 0 Å². The highest BCUT2D eigenvalue weighted by Gasteiger charge is 2.06. The number of ether oxygens (including phenoxy) is 1. The Kier molecular flexibility index (Phi) is 6.41. The highest BCUT2D eigenvalue weighted by molar-refractivity contribution is 7.15. The molecule has 3 heteroatoms. The maximum absolute atomic E-state index is 11.7. The molecule has 2 aromatic rings. The first-order valence-electron chi connectivity index (χ1n) is 7.74. The maximum atomic E-state index is 11.7. The predicted octanol–water partition coefficient (Wildman–Crippen LogP) is 5.63. The lowest BCUT2D eigenvalue weighted by atomic mass is 10.2. The van der Waals surface area contributed by atoms with E-state index in [1.165, 1.54) is 21.7 Å². The minimum Gasteiger partial charge on any atom is -0.427 e. The Bertz CT molecular complexity index is 623. The molecule has 0 amide bonds. The molecule has 0 saturated carbocycles. The molecule has 0 saturated heterocycles. The number of carbonyl (C=O) groups excluding carboxylic acids is 1. The molecule has 1 aromatic heterocycles. The van der Waals surface area contributed by atoms with Crippen molar-refractivity contribution < 1.29 is 9.53 Å². The maximum Gasteiger partial charge on any atom is 0.311 e. The van der Waals surface area contributed by atoms with Crippen LogP contribution in [0.3, 0.4) is 0 Å². The Balaban J connectivity index is 1.96. The van der Waals surface area contributed by atoms with Crippen molar-refractivity contribution in [2.24, 2.45) is 0 Å². The lowest BCUT2D eigenvalue weighted by molar-refractivity contribution is -0.134. The smallest absolute Gasteiger partial charge is 0.311 e.